The van der Waals surface area contributed by atoms with Crippen molar-refractivity contribution in [3.8, 4) is 5.75 Å². The van der Waals surface area contributed by atoms with Gasteiger partial charge in [0.2, 0.25) is 29.6 Å². The molecule has 16 nitrogen and oxygen atoms in total. The van der Waals surface area contributed by atoms with E-state index >= 15 is 8.78 Å². The zero-order chi connectivity index (χ0) is 46.4. The van der Waals surface area contributed by atoms with E-state index in [1.165, 1.54) is 19.2 Å². The Hall–Kier alpha value is -5.91. The number of aliphatic hydroxyl groups excluding tert-OH is 1. The molecule has 0 radical (unpaired) electrons. The van der Waals surface area contributed by atoms with E-state index < -0.39 is 34.9 Å². The number of imide groups is 1. The molecule has 1 spiro atoms. The number of nitrogens with zero attached hydrogens (tertiary/aromatic N) is 6. The number of aliphatic hydroxyl groups is 1. The molecule has 3 aromatic rings. The van der Waals surface area contributed by atoms with Crippen molar-refractivity contribution in [1.82, 2.24) is 25.5 Å². The van der Waals surface area contributed by atoms with Crippen LogP contribution in [0.15, 0.2) is 36.5 Å². The van der Waals surface area contributed by atoms with E-state index in [1.807, 2.05) is 35.5 Å². The van der Waals surface area contributed by atoms with Crippen molar-refractivity contribution in [2.24, 2.45) is 11.3 Å². The predicted molar refractivity (Wildman–Crippen MR) is 239 cm³/mol. The first-order valence-electron chi connectivity index (χ1n) is 22.8. The second-order valence-corrected chi connectivity index (χ2v) is 18.7. The third kappa shape index (κ3) is 8.80. The Morgan fingerprint density at radius 3 is 2.32 bits per heavy atom. The van der Waals surface area contributed by atoms with Crippen molar-refractivity contribution >= 4 is 58.4 Å². The predicted octanol–water partition coefficient (Wildman–Crippen LogP) is 5.17. The molecule has 2 atom stereocenters. The number of anilines is 5. The molecule has 0 bridgehead atoms. The fourth-order valence-electron chi connectivity index (χ4n) is 11.0. The summed E-state index contributed by atoms with van der Waals surface area (Å²) < 4.78 is 36.2. The Bertz CT molecular complexity index is 2330. The van der Waals surface area contributed by atoms with Crippen molar-refractivity contribution in [3.63, 3.8) is 0 Å². The summed E-state index contributed by atoms with van der Waals surface area (Å²) >= 11 is 0. The Balaban J connectivity index is 0.848. The maximum Gasteiger partial charge on any atom is 0.251 e. The number of halogens is 2. The summed E-state index contributed by atoms with van der Waals surface area (Å²) in [6, 6.07) is 7.23. The highest BCUT2D eigenvalue weighted by Crippen LogP contribution is 2.56. The number of amides is 5. The zero-order valence-corrected chi connectivity index (χ0v) is 37.7. The van der Waals surface area contributed by atoms with Gasteiger partial charge in [0.25, 0.3) is 5.91 Å². The number of methoxy groups -OCH3 is 1. The van der Waals surface area contributed by atoms with Gasteiger partial charge in [-0.2, -0.15) is 4.98 Å². The van der Waals surface area contributed by atoms with Crippen LogP contribution in [-0.4, -0.2) is 114 Å². The molecular weight excluding hydrogens is 841 g/mol. The SMILES string of the molecule is CC[C@@H]1C(=O)N(C)c2cnc(Nc3ccc(C(=O)NC4(CCO)CC5(CCN(C(=O)C6CCN(c7cc(F)c(C8CCC(=O)NC8=O)c(F)c7)CC6)CC5)C4)cc3OC)nc2N1C(C)C. The summed E-state index contributed by atoms with van der Waals surface area (Å²) in [5.41, 5.74) is 0.921. The van der Waals surface area contributed by atoms with Gasteiger partial charge in [0.1, 0.15) is 29.1 Å². The normalized spacial score (nSPS) is 21.8. The first kappa shape index (κ1) is 45.7. The van der Waals surface area contributed by atoms with Crippen LogP contribution in [-0.2, 0) is 19.2 Å². The lowest BCUT2D eigenvalue weighted by molar-refractivity contribution is -0.141. The van der Waals surface area contributed by atoms with Gasteiger partial charge in [-0.25, -0.2) is 13.8 Å². The number of rotatable bonds is 12. The van der Waals surface area contributed by atoms with Crippen molar-refractivity contribution in [2.75, 3.05) is 67.0 Å². The molecule has 4 N–H and O–H groups in total. The fourth-order valence-corrected chi connectivity index (χ4v) is 11.0. The molecule has 1 saturated carbocycles. The topological polar surface area (TPSA) is 190 Å². The van der Waals surface area contributed by atoms with Crippen LogP contribution >= 0.6 is 0 Å². The monoisotopic (exact) mass is 899 g/mol. The van der Waals surface area contributed by atoms with Gasteiger partial charge in [0.05, 0.1) is 24.9 Å². The third-order valence-electron chi connectivity index (χ3n) is 14.4. The standard InChI is InChI=1S/C47H59F2N9O7/c1-6-35-44(64)55(4)36-24-50-45(53-40(36)58(35)27(2)3)51-34-9-7-29(21-37(34)65-5)41(61)54-47(15-20-59)25-46(26-47)13-18-57(19-14-46)43(63)28-11-16-56(17-12-28)30-22-32(48)39(33(49)23-30)31-8-10-38(60)52-42(31)62/h7,9,21-24,27-28,31,35,59H,6,8,10-20,25-26H2,1-5H3,(H,54,61)(H,50,51,53)(H,52,60,62)/t31?,35-/m1/s1. The lowest BCUT2D eigenvalue weighted by Gasteiger charge is -2.59. The Morgan fingerprint density at radius 1 is 1.02 bits per heavy atom. The zero-order valence-electron chi connectivity index (χ0n) is 37.7. The van der Waals surface area contributed by atoms with Crippen LogP contribution in [0.5, 0.6) is 5.75 Å². The number of ether oxygens (including phenoxy) is 1. The van der Waals surface area contributed by atoms with Gasteiger partial charge in [-0.05, 0) is 107 Å². The molecule has 5 heterocycles. The summed E-state index contributed by atoms with van der Waals surface area (Å²) in [6.07, 6.45) is 6.70. The van der Waals surface area contributed by atoms with Gasteiger partial charge in [-0.1, -0.05) is 6.92 Å². The number of likely N-dealkylation sites (N-methyl/N-ethyl adjacent to an activating group) is 1. The van der Waals surface area contributed by atoms with Crippen molar-refractivity contribution in [3.05, 3.63) is 59.3 Å². The molecule has 5 amide bonds. The molecule has 1 aliphatic carbocycles. The second kappa shape index (κ2) is 18.2. The third-order valence-corrected chi connectivity index (χ3v) is 14.4. The molecule has 3 saturated heterocycles. The van der Waals surface area contributed by atoms with Crippen LogP contribution in [0, 0.1) is 23.0 Å². The van der Waals surface area contributed by atoms with Gasteiger partial charge < -0.3 is 40.1 Å². The molecule has 1 aromatic heterocycles. The number of hydrogen-bond acceptors (Lipinski definition) is 12. The van der Waals surface area contributed by atoms with Crippen molar-refractivity contribution < 1.29 is 42.6 Å². The van der Waals surface area contributed by atoms with Crippen LogP contribution in [0.1, 0.15) is 107 Å². The highest BCUT2D eigenvalue weighted by molar-refractivity contribution is 6.04. The molecule has 18 heteroatoms. The summed E-state index contributed by atoms with van der Waals surface area (Å²) in [4.78, 5) is 81.2. The number of benzene rings is 2. The first-order valence-corrected chi connectivity index (χ1v) is 22.8. The molecular formula is C47H59F2N9O7. The average molecular weight is 900 g/mol. The Kier molecular flexibility index (Phi) is 12.8. The highest BCUT2D eigenvalue weighted by atomic mass is 19.1. The smallest absolute Gasteiger partial charge is 0.251 e. The van der Waals surface area contributed by atoms with Gasteiger partial charge in [0.15, 0.2) is 5.82 Å². The summed E-state index contributed by atoms with van der Waals surface area (Å²) in [5.74, 6) is -2.93. The van der Waals surface area contributed by atoms with Crippen LogP contribution in [0.3, 0.4) is 0 Å². The van der Waals surface area contributed by atoms with Crippen LogP contribution in [0.4, 0.5) is 37.6 Å². The number of hydrogen-bond donors (Lipinski definition) is 4. The Morgan fingerprint density at radius 2 is 1.71 bits per heavy atom. The molecule has 65 heavy (non-hydrogen) atoms. The van der Waals surface area contributed by atoms with E-state index in [0.717, 1.165) is 12.8 Å². The van der Waals surface area contributed by atoms with E-state index in [9.17, 15) is 29.1 Å². The average Bonchev–Trinajstić information content (AvgIpc) is 3.27. The minimum Gasteiger partial charge on any atom is -0.495 e. The number of nitrogens with one attached hydrogen (secondary N) is 3. The van der Waals surface area contributed by atoms with Gasteiger partial charge in [0, 0.05) is 80.6 Å². The number of piperidine rings is 3. The largest absolute Gasteiger partial charge is 0.495 e. The molecule has 8 rings (SSSR count). The van der Waals surface area contributed by atoms with Crippen LogP contribution in [0.25, 0.3) is 0 Å². The lowest BCUT2D eigenvalue weighted by Crippen LogP contribution is -2.64. The molecule has 4 aliphatic heterocycles. The number of carbonyl (C=O) groups excluding carboxylic acids is 5. The number of aromatic nitrogens is 2. The van der Waals surface area contributed by atoms with E-state index in [2.05, 4.69) is 20.9 Å². The maximum absolute atomic E-state index is 15.2. The van der Waals surface area contributed by atoms with E-state index in [4.69, 9.17) is 9.72 Å². The summed E-state index contributed by atoms with van der Waals surface area (Å²) in [7, 11) is 3.25. The summed E-state index contributed by atoms with van der Waals surface area (Å²) in [6.45, 7) is 8.00. The van der Waals surface area contributed by atoms with Crippen molar-refractivity contribution in [1.29, 1.82) is 0 Å². The van der Waals surface area contributed by atoms with Crippen LogP contribution in [0.2, 0.25) is 0 Å². The molecule has 1 unspecified atom stereocenters. The number of fused-ring (bicyclic) bond motifs is 1. The minimum absolute atomic E-state index is 0.00716. The van der Waals surface area contributed by atoms with E-state index in [-0.39, 0.29) is 66.2 Å². The summed E-state index contributed by atoms with van der Waals surface area (Å²) in [5, 5.41) is 18.7. The molecule has 2 aromatic carbocycles. The maximum atomic E-state index is 15.2. The van der Waals surface area contributed by atoms with E-state index in [0.29, 0.717) is 105 Å². The van der Waals surface area contributed by atoms with Crippen molar-refractivity contribution in [2.45, 2.75) is 109 Å². The molecule has 4 fully saturated rings. The quantitative estimate of drug-likeness (QED) is 0.175. The van der Waals surface area contributed by atoms with Gasteiger partial charge in [-0.3, -0.25) is 29.3 Å². The van der Waals surface area contributed by atoms with E-state index in [1.54, 1.807) is 36.3 Å². The van der Waals surface area contributed by atoms with Gasteiger partial charge >= 0.3 is 0 Å². The molecule has 348 valence electrons. The number of likely N-dealkylation sites (tertiary alicyclic amines) is 1. The molecule has 5 aliphatic rings. The lowest BCUT2D eigenvalue weighted by atomic mass is 9.52. The Labute approximate surface area is 377 Å². The highest BCUT2D eigenvalue weighted by Gasteiger charge is 2.56. The second-order valence-electron chi connectivity index (χ2n) is 18.7. The van der Waals surface area contributed by atoms with Crippen LogP contribution < -0.4 is 35.4 Å². The first-order chi connectivity index (χ1) is 31.1. The minimum atomic E-state index is -1.07. The fraction of sp³-hybridized carbons (Fsp3) is 0.553. The number of carbonyl (C=O) groups is 5. The van der Waals surface area contributed by atoms with Gasteiger partial charge in [-0.15, -0.1) is 0 Å².